The van der Waals surface area contributed by atoms with E-state index in [0.29, 0.717) is 22.5 Å². The number of ether oxygens (including phenoxy) is 1. The lowest BCUT2D eigenvalue weighted by Crippen LogP contribution is -2.38. The van der Waals surface area contributed by atoms with Crippen LogP contribution in [0.2, 0.25) is 0 Å². The van der Waals surface area contributed by atoms with Gasteiger partial charge in [0, 0.05) is 24.6 Å². The number of nitrogens with zero attached hydrogens (tertiary/aromatic N) is 1. The van der Waals surface area contributed by atoms with Gasteiger partial charge in [-0.15, -0.1) is 0 Å². The Balaban J connectivity index is 1.99. The van der Waals surface area contributed by atoms with E-state index in [4.69, 9.17) is 10.5 Å². The van der Waals surface area contributed by atoms with Gasteiger partial charge in [0.25, 0.3) is 5.91 Å². The molecule has 1 aromatic rings. The van der Waals surface area contributed by atoms with Crippen LogP contribution in [-0.2, 0) is 4.74 Å². The monoisotopic (exact) mass is 298 g/mol. The summed E-state index contributed by atoms with van der Waals surface area (Å²) in [6.07, 6.45) is 0.986. The van der Waals surface area contributed by atoms with Crippen molar-refractivity contribution in [2.24, 2.45) is 5.92 Å². The van der Waals surface area contributed by atoms with Crippen molar-refractivity contribution in [3.8, 4) is 0 Å². The summed E-state index contributed by atoms with van der Waals surface area (Å²) in [5, 5.41) is 6.83. The minimum absolute atomic E-state index is 0.0769. The number of rotatable bonds is 5. The van der Waals surface area contributed by atoms with Crippen LogP contribution in [0.15, 0.2) is 0 Å². The topological polar surface area (TPSA) is 89.3 Å². The zero-order valence-corrected chi connectivity index (χ0v) is 12.9. The number of nitrogens with two attached hydrogens (primary N) is 1. The van der Waals surface area contributed by atoms with E-state index in [1.54, 1.807) is 0 Å². The molecule has 0 radical (unpaired) electrons. The third kappa shape index (κ3) is 3.61. The van der Waals surface area contributed by atoms with Crippen LogP contribution in [0.4, 0.5) is 10.9 Å². The van der Waals surface area contributed by atoms with E-state index in [0.717, 1.165) is 13.0 Å². The van der Waals surface area contributed by atoms with E-state index < -0.39 is 0 Å². The van der Waals surface area contributed by atoms with Crippen LogP contribution in [0.25, 0.3) is 0 Å². The third-order valence-corrected chi connectivity index (χ3v) is 4.30. The lowest BCUT2D eigenvalue weighted by molar-refractivity contribution is 0.0927. The first-order valence-electron chi connectivity index (χ1n) is 6.88. The Morgan fingerprint density at radius 3 is 2.85 bits per heavy atom. The molecule has 0 aromatic carbocycles. The van der Waals surface area contributed by atoms with Crippen molar-refractivity contribution in [3.63, 3.8) is 0 Å². The fourth-order valence-electron chi connectivity index (χ4n) is 2.14. The van der Waals surface area contributed by atoms with Crippen LogP contribution in [-0.4, -0.2) is 36.2 Å². The molecule has 0 bridgehead atoms. The van der Waals surface area contributed by atoms with Crippen LogP contribution in [0.1, 0.15) is 36.9 Å². The summed E-state index contributed by atoms with van der Waals surface area (Å²) in [6, 6.07) is 0.332. The van der Waals surface area contributed by atoms with Crippen LogP contribution < -0.4 is 16.4 Å². The van der Waals surface area contributed by atoms with Gasteiger partial charge in [0.1, 0.15) is 10.7 Å². The third-order valence-electron chi connectivity index (χ3n) is 3.30. The number of carbonyl (C=O) groups excluding carboxylic acids is 1. The maximum Gasteiger partial charge on any atom is 0.265 e. The number of hydrogen-bond donors (Lipinski definition) is 3. The predicted octanol–water partition coefficient (Wildman–Crippen LogP) is 1.70. The first-order valence-corrected chi connectivity index (χ1v) is 7.70. The SMILES string of the molecule is CC(C)Nc1nc(N)c(C(=O)NC(C)C2CCOC2)s1. The molecular weight excluding hydrogens is 276 g/mol. The summed E-state index contributed by atoms with van der Waals surface area (Å²) < 4.78 is 5.34. The zero-order chi connectivity index (χ0) is 14.7. The Morgan fingerprint density at radius 1 is 1.50 bits per heavy atom. The Kier molecular flexibility index (Phi) is 4.82. The van der Waals surface area contributed by atoms with Gasteiger partial charge >= 0.3 is 0 Å². The Bertz CT molecular complexity index is 469. The molecule has 1 aliphatic rings. The van der Waals surface area contributed by atoms with Gasteiger partial charge in [0.15, 0.2) is 5.13 Å². The molecule has 6 nitrogen and oxygen atoms in total. The average Bonchev–Trinajstić information content (AvgIpc) is 2.97. The first kappa shape index (κ1) is 15.1. The highest BCUT2D eigenvalue weighted by Gasteiger charge is 2.25. The van der Waals surface area contributed by atoms with Crippen LogP contribution in [0.5, 0.6) is 0 Å². The molecule has 20 heavy (non-hydrogen) atoms. The number of aromatic nitrogens is 1. The van der Waals surface area contributed by atoms with Crippen molar-refractivity contribution < 1.29 is 9.53 Å². The Hall–Kier alpha value is -1.34. The maximum atomic E-state index is 12.2. The standard InChI is InChI=1S/C13H22N4O2S/c1-7(2)15-13-17-11(14)10(20-13)12(18)16-8(3)9-4-5-19-6-9/h7-9H,4-6,14H2,1-3H3,(H,15,17)(H,16,18). The van der Waals surface area contributed by atoms with E-state index in [-0.39, 0.29) is 23.8 Å². The molecular formula is C13H22N4O2S. The van der Waals surface area contributed by atoms with Crippen molar-refractivity contribution in [1.82, 2.24) is 10.3 Å². The summed E-state index contributed by atoms with van der Waals surface area (Å²) in [5.74, 6) is 0.503. The lowest BCUT2D eigenvalue weighted by atomic mass is 10.0. The van der Waals surface area contributed by atoms with Crippen LogP contribution >= 0.6 is 11.3 Å². The van der Waals surface area contributed by atoms with Crippen LogP contribution in [0, 0.1) is 5.92 Å². The molecule has 0 saturated carbocycles. The molecule has 1 fully saturated rings. The second kappa shape index (κ2) is 6.41. The van der Waals surface area contributed by atoms with Crippen LogP contribution in [0.3, 0.4) is 0 Å². The second-order valence-electron chi connectivity index (χ2n) is 5.42. The minimum Gasteiger partial charge on any atom is -0.382 e. The quantitative estimate of drug-likeness (QED) is 0.770. The number of thiazole rings is 1. The van der Waals surface area contributed by atoms with Crippen molar-refractivity contribution in [3.05, 3.63) is 4.88 Å². The smallest absolute Gasteiger partial charge is 0.265 e. The van der Waals surface area contributed by atoms with Gasteiger partial charge in [-0.3, -0.25) is 4.79 Å². The summed E-state index contributed by atoms with van der Waals surface area (Å²) in [7, 11) is 0. The average molecular weight is 298 g/mol. The van der Waals surface area contributed by atoms with Gasteiger partial charge in [-0.1, -0.05) is 11.3 Å². The van der Waals surface area contributed by atoms with Crippen molar-refractivity contribution >= 4 is 28.2 Å². The Labute approximate surface area is 123 Å². The predicted molar refractivity (Wildman–Crippen MR) is 81.1 cm³/mol. The molecule has 112 valence electrons. The van der Waals surface area contributed by atoms with Gasteiger partial charge in [-0.25, -0.2) is 4.98 Å². The first-order chi connectivity index (χ1) is 9.47. The number of anilines is 2. The van der Waals surface area contributed by atoms with E-state index in [1.807, 2.05) is 20.8 Å². The van der Waals surface area contributed by atoms with E-state index >= 15 is 0 Å². The van der Waals surface area contributed by atoms with E-state index in [2.05, 4.69) is 15.6 Å². The summed E-state index contributed by atoms with van der Waals surface area (Å²) in [6.45, 7) is 7.51. The molecule has 0 aliphatic carbocycles. The maximum absolute atomic E-state index is 12.2. The largest absolute Gasteiger partial charge is 0.382 e. The van der Waals surface area contributed by atoms with Gasteiger partial charge in [0.2, 0.25) is 0 Å². The molecule has 7 heteroatoms. The van der Waals surface area contributed by atoms with Gasteiger partial charge < -0.3 is 21.1 Å². The molecule has 1 aliphatic heterocycles. The van der Waals surface area contributed by atoms with Crippen molar-refractivity contribution in [1.29, 1.82) is 0 Å². The zero-order valence-electron chi connectivity index (χ0n) is 12.1. The van der Waals surface area contributed by atoms with E-state index in [9.17, 15) is 4.79 Å². The fourth-order valence-corrected chi connectivity index (χ4v) is 3.07. The second-order valence-corrected chi connectivity index (χ2v) is 6.42. The summed E-state index contributed by atoms with van der Waals surface area (Å²) in [5.41, 5.74) is 5.82. The molecule has 1 aromatic heterocycles. The highest BCUT2D eigenvalue weighted by molar-refractivity contribution is 7.18. The molecule has 0 spiro atoms. The molecule has 2 atom stereocenters. The highest BCUT2D eigenvalue weighted by Crippen LogP contribution is 2.26. The number of carbonyl (C=O) groups is 1. The molecule has 1 amide bonds. The number of amides is 1. The summed E-state index contributed by atoms with van der Waals surface area (Å²) in [4.78, 5) is 16.9. The van der Waals surface area contributed by atoms with Crippen molar-refractivity contribution in [2.75, 3.05) is 24.3 Å². The van der Waals surface area contributed by atoms with Gasteiger partial charge in [0.05, 0.1) is 6.61 Å². The lowest BCUT2D eigenvalue weighted by Gasteiger charge is -2.18. The fraction of sp³-hybridized carbons (Fsp3) is 0.692. The molecule has 2 unspecified atom stereocenters. The van der Waals surface area contributed by atoms with E-state index in [1.165, 1.54) is 11.3 Å². The number of hydrogen-bond acceptors (Lipinski definition) is 6. The normalized spacial score (nSPS) is 20.1. The molecule has 2 rings (SSSR count). The van der Waals surface area contributed by atoms with Crippen molar-refractivity contribution in [2.45, 2.75) is 39.3 Å². The molecule has 1 saturated heterocycles. The van der Waals surface area contributed by atoms with Gasteiger partial charge in [-0.2, -0.15) is 0 Å². The molecule has 4 N–H and O–H groups in total. The summed E-state index contributed by atoms with van der Waals surface area (Å²) >= 11 is 1.29. The number of nitrogen functional groups attached to an aromatic ring is 1. The number of nitrogens with one attached hydrogen (secondary N) is 2. The minimum atomic E-state index is -0.156. The van der Waals surface area contributed by atoms with Gasteiger partial charge in [-0.05, 0) is 27.2 Å². The molecule has 2 heterocycles. The Morgan fingerprint density at radius 2 is 2.25 bits per heavy atom. The highest BCUT2D eigenvalue weighted by atomic mass is 32.1.